The van der Waals surface area contributed by atoms with Gasteiger partial charge in [0.15, 0.2) is 0 Å². The average molecular weight is 696 g/mol. The van der Waals surface area contributed by atoms with Gasteiger partial charge in [0.05, 0.1) is 0 Å². The summed E-state index contributed by atoms with van der Waals surface area (Å²) < 4.78 is 10.8. The van der Waals surface area contributed by atoms with Crippen molar-refractivity contribution in [3.05, 3.63) is 178 Å². The fourth-order valence-corrected chi connectivity index (χ4v) is 18.4. The van der Waals surface area contributed by atoms with Crippen molar-refractivity contribution in [2.75, 3.05) is 0 Å². The molecule has 0 atom stereocenters. The van der Waals surface area contributed by atoms with Crippen LogP contribution in [0.4, 0.5) is 0 Å². The summed E-state index contributed by atoms with van der Waals surface area (Å²) in [4.78, 5) is 0. The number of aromatic nitrogens is 4. The van der Waals surface area contributed by atoms with Crippen molar-refractivity contribution in [2.45, 2.75) is 41.5 Å². The molecule has 49 heavy (non-hydrogen) atoms. The van der Waals surface area contributed by atoms with Crippen LogP contribution >= 0.6 is 30.4 Å². The molecule has 4 nitrogen and oxygen atoms in total. The van der Waals surface area contributed by atoms with Crippen molar-refractivity contribution in [3.63, 3.8) is 0 Å². The number of hydrogen-bond donors (Lipinski definition) is 0. The van der Waals surface area contributed by atoms with Crippen LogP contribution in [0, 0.1) is 52.2 Å². The van der Waals surface area contributed by atoms with Crippen LogP contribution in [0.5, 0.6) is 0 Å². The molecule has 4 aliphatic rings. The Labute approximate surface area is 294 Å². The Balaban J connectivity index is 1.50. The second kappa shape index (κ2) is 8.63. The molecule has 7 heteroatoms. The molecule has 0 N–H and O–H groups in total. The van der Waals surface area contributed by atoms with Gasteiger partial charge in [-0.05, 0) is 0 Å². The Morgan fingerprint density at radius 2 is 0.837 bits per heavy atom. The molecule has 0 saturated heterocycles. The van der Waals surface area contributed by atoms with E-state index in [0.717, 1.165) is 32.8 Å². The van der Waals surface area contributed by atoms with Crippen LogP contribution in [0.15, 0.2) is 91.0 Å². The zero-order valence-electron chi connectivity index (χ0n) is 28.2. The minimum absolute atomic E-state index is 0.764. The van der Waals surface area contributed by atoms with Gasteiger partial charge in [-0.2, -0.15) is 0 Å². The van der Waals surface area contributed by atoms with Crippen LogP contribution in [0.25, 0.3) is 22.5 Å². The van der Waals surface area contributed by atoms with E-state index in [-0.39, 0.29) is 0 Å². The van der Waals surface area contributed by atoms with E-state index < -0.39 is 7.21 Å². The second-order valence-electron chi connectivity index (χ2n) is 14.5. The summed E-state index contributed by atoms with van der Waals surface area (Å²) in [6, 6.07) is 34.1. The Bertz CT molecular complexity index is 2760. The van der Waals surface area contributed by atoms with Gasteiger partial charge >= 0.3 is 295 Å². The van der Waals surface area contributed by atoms with E-state index in [2.05, 4.69) is 150 Å². The monoisotopic (exact) mass is 694 g/mol. The molecular weight excluding hydrogens is 662 g/mol. The van der Waals surface area contributed by atoms with Crippen molar-refractivity contribution in [1.82, 2.24) is 17.4 Å². The third kappa shape index (κ3) is 2.74. The summed E-state index contributed by atoms with van der Waals surface area (Å²) in [6.45, 7) is 13.3. The Morgan fingerprint density at radius 1 is 0.449 bits per heavy atom. The molecule has 1 spiro atoms. The molecule has 4 aliphatic heterocycles. The molecule has 11 rings (SSSR count). The first kappa shape index (κ1) is 28.4. The van der Waals surface area contributed by atoms with Crippen molar-refractivity contribution < 1.29 is 0 Å². The maximum atomic E-state index is 7.58. The standard InChI is InChI=1S/C42H33Cl2N4P/c1-22-16-24(3)37(25(4)17-22)39-33-14-12-31-32-13-15-34-40(38-26(5)18-23(2)19-27(38)6)42-30(44)21-36-35-20-29(43)41(39)47(35)49(45(31)33,46(32)34,48(36)42)28-10-8-7-9-11-28/h7-21H,1-6H3. The van der Waals surface area contributed by atoms with E-state index in [1.54, 1.807) is 0 Å². The van der Waals surface area contributed by atoms with Crippen LogP contribution in [-0.4, -0.2) is 17.4 Å². The number of halogens is 2. The van der Waals surface area contributed by atoms with Gasteiger partial charge in [0, 0.05) is 0 Å². The molecule has 0 radical (unpaired) electrons. The SMILES string of the molecule is Cc1cc(C)c(C2=c3ccc4n3P35(c6ccccc6)n6c(cc(Cl)c62)-c2cc(Cl)c(n23)C(c2c(C)cc(C)cc2C)=c2ccc=4n25)c(C)c1. The average Bonchev–Trinajstić information content (AvgIpc) is 3.87. The Hall–Kier alpha value is -4.47. The fraction of sp³-hybridized carbons (Fsp3) is 0.143. The maximum absolute atomic E-state index is 7.58. The number of nitrogens with zero attached hydrogens (tertiary/aromatic N) is 4. The van der Waals surface area contributed by atoms with E-state index >= 15 is 0 Å². The molecular formula is C42H33Cl2N4P. The van der Waals surface area contributed by atoms with Gasteiger partial charge in [0.2, 0.25) is 0 Å². The first-order valence-corrected chi connectivity index (χ1v) is 19.7. The molecule has 0 amide bonds. The molecule has 0 fully saturated rings. The van der Waals surface area contributed by atoms with Gasteiger partial charge in [-0.15, -0.1) is 0 Å². The van der Waals surface area contributed by atoms with Crippen LogP contribution in [-0.2, 0) is 0 Å². The number of aryl methyl sites for hydroxylation is 6. The quantitative estimate of drug-likeness (QED) is 0.165. The molecule has 8 heterocycles. The summed E-state index contributed by atoms with van der Waals surface area (Å²) in [6.07, 6.45) is 0. The molecule has 4 aromatic heterocycles. The van der Waals surface area contributed by atoms with Gasteiger partial charge in [0.25, 0.3) is 0 Å². The van der Waals surface area contributed by atoms with E-state index in [1.165, 1.54) is 82.4 Å². The zero-order valence-corrected chi connectivity index (χ0v) is 30.6. The Kier molecular flexibility index (Phi) is 5.00. The third-order valence-corrected chi connectivity index (χ3v) is 18.1. The first-order chi connectivity index (χ1) is 23.6. The van der Waals surface area contributed by atoms with Gasteiger partial charge in [-0.3, -0.25) is 0 Å². The number of hydrogen-bond acceptors (Lipinski definition) is 0. The van der Waals surface area contributed by atoms with Crippen LogP contribution in [0.2, 0.25) is 10.0 Å². The van der Waals surface area contributed by atoms with E-state index in [0.29, 0.717) is 0 Å². The van der Waals surface area contributed by atoms with Gasteiger partial charge < -0.3 is 0 Å². The van der Waals surface area contributed by atoms with Crippen molar-refractivity contribution in [2.24, 2.45) is 0 Å². The van der Waals surface area contributed by atoms with Gasteiger partial charge in [-0.1, -0.05) is 0 Å². The van der Waals surface area contributed by atoms with Gasteiger partial charge in [-0.25, -0.2) is 0 Å². The topological polar surface area (TPSA) is 19.7 Å². The summed E-state index contributed by atoms with van der Waals surface area (Å²) in [5.74, 6) is 0. The first-order valence-electron chi connectivity index (χ1n) is 16.9. The normalized spacial score (nSPS) is 16.9. The zero-order chi connectivity index (χ0) is 33.5. The molecule has 3 aromatic carbocycles. The molecule has 0 unspecified atom stereocenters. The van der Waals surface area contributed by atoms with Gasteiger partial charge in [0.1, 0.15) is 0 Å². The number of rotatable bonds is 3. The Morgan fingerprint density at radius 3 is 1.24 bits per heavy atom. The fourth-order valence-electron chi connectivity index (χ4n) is 10.5. The molecule has 240 valence electrons. The summed E-state index contributed by atoms with van der Waals surface area (Å²) >= 11 is 15.2. The van der Waals surface area contributed by atoms with Crippen molar-refractivity contribution in [3.8, 4) is 11.4 Å². The predicted octanol–water partition coefficient (Wildman–Crippen LogP) is 8.78. The van der Waals surface area contributed by atoms with E-state index in [1.807, 2.05) is 0 Å². The molecule has 0 bridgehead atoms. The number of benzene rings is 3. The van der Waals surface area contributed by atoms with Crippen LogP contribution < -0.4 is 16.0 Å². The molecule has 0 aliphatic carbocycles. The van der Waals surface area contributed by atoms with Crippen molar-refractivity contribution in [1.29, 1.82) is 0 Å². The summed E-state index contributed by atoms with van der Waals surface area (Å²) in [5.41, 5.74) is 16.8. The summed E-state index contributed by atoms with van der Waals surface area (Å²) in [7, 11) is -3.92. The van der Waals surface area contributed by atoms with Crippen LogP contribution in [0.3, 0.4) is 0 Å². The van der Waals surface area contributed by atoms with E-state index in [9.17, 15) is 0 Å². The molecule has 7 aromatic rings. The summed E-state index contributed by atoms with van der Waals surface area (Å²) in [5, 5.41) is 7.59. The molecule has 0 saturated carbocycles. The van der Waals surface area contributed by atoms with Crippen LogP contribution in [0.1, 0.15) is 55.9 Å². The number of fused-ring (bicyclic) bond motifs is 1. The third-order valence-electron chi connectivity index (χ3n) is 11.6. The van der Waals surface area contributed by atoms with Crippen molar-refractivity contribution >= 4 is 46.9 Å². The van der Waals surface area contributed by atoms with E-state index in [4.69, 9.17) is 23.2 Å². The predicted molar refractivity (Wildman–Crippen MR) is 203 cm³/mol. The minimum atomic E-state index is -3.92. The second-order valence-corrected chi connectivity index (χ2v) is 19.3.